The number of hydrogen-bond donors (Lipinski definition) is 0. The number of aryl methyl sites for hydroxylation is 1. The number of benzene rings is 1. The van der Waals surface area contributed by atoms with E-state index in [-0.39, 0.29) is 5.57 Å². The number of ether oxygens (including phenoxy) is 2. The molecule has 0 heterocycles. The van der Waals surface area contributed by atoms with Crippen molar-refractivity contribution in [2.75, 3.05) is 13.7 Å². The SMILES string of the molecule is CCCCc1cccc(C=C(C#N)C(=O)OC)c1OCC. The maximum atomic E-state index is 11.5. The number of carbonyl (C=O) groups excluding carboxylic acids is 1. The van der Waals surface area contributed by atoms with Gasteiger partial charge in [-0.2, -0.15) is 5.26 Å². The Kier molecular flexibility index (Phi) is 7.03. The number of esters is 1. The Labute approximate surface area is 126 Å². The third-order valence-corrected chi connectivity index (χ3v) is 3.04. The van der Waals surface area contributed by atoms with E-state index in [9.17, 15) is 4.79 Å². The van der Waals surface area contributed by atoms with Crippen molar-refractivity contribution in [1.29, 1.82) is 5.26 Å². The molecule has 1 aromatic carbocycles. The van der Waals surface area contributed by atoms with Crippen LogP contribution in [0.4, 0.5) is 0 Å². The minimum absolute atomic E-state index is 0.0360. The highest BCUT2D eigenvalue weighted by Gasteiger charge is 2.13. The molecule has 21 heavy (non-hydrogen) atoms. The van der Waals surface area contributed by atoms with E-state index in [1.807, 2.05) is 31.2 Å². The molecule has 0 aliphatic carbocycles. The minimum atomic E-state index is -0.640. The van der Waals surface area contributed by atoms with Crippen molar-refractivity contribution < 1.29 is 14.3 Å². The lowest BCUT2D eigenvalue weighted by Crippen LogP contribution is -2.04. The first-order valence-corrected chi connectivity index (χ1v) is 7.12. The van der Waals surface area contributed by atoms with Gasteiger partial charge in [0, 0.05) is 5.56 Å². The summed E-state index contributed by atoms with van der Waals surface area (Å²) in [5.74, 6) is 0.101. The molecule has 4 heteroatoms. The highest BCUT2D eigenvalue weighted by Crippen LogP contribution is 2.28. The average molecular weight is 287 g/mol. The first-order chi connectivity index (χ1) is 10.2. The molecule has 0 fully saturated rings. The van der Waals surface area contributed by atoms with Crippen LogP contribution in [-0.4, -0.2) is 19.7 Å². The number of unbranched alkanes of at least 4 members (excludes halogenated alkanes) is 1. The van der Waals surface area contributed by atoms with Crippen LogP contribution in [0.1, 0.15) is 37.8 Å². The number of methoxy groups -OCH3 is 1. The van der Waals surface area contributed by atoms with Crippen LogP contribution in [0.25, 0.3) is 6.08 Å². The molecule has 0 spiro atoms. The molecule has 0 aromatic heterocycles. The van der Waals surface area contributed by atoms with Crippen LogP contribution in [-0.2, 0) is 16.0 Å². The lowest BCUT2D eigenvalue weighted by Gasteiger charge is -2.13. The molecule has 0 unspecified atom stereocenters. The van der Waals surface area contributed by atoms with Crippen molar-refractivity contribution >= 4 is 12.0 Å². The van der Waals surface area contributed by atoms with E-state index in [1.165, 1.54) is 13.2 Å². The van der Waals surface area contributed by atoms with E-state index in [4.69, 9.17) is 10.00 Å². The summed E-state index contributed by atoms with van der Waals surface area (Å²) in [6.45, 7) is 4.58. The van der Waals surface area contributed by atoms with Crippen LogP contribution >= 0.6 is 0 Å². The fourth-order valence-corrected chi connectivity index (χ4v) is 2.01. The summed E-state index contributed by atoms with van der Waals surface area (Å²) in [7, 11) is 1.26. The Morgan fingerprint density at radius 2 is 2.14 bits per heavy atom. The van der Waals surface area contributed by atoms with Gasteiger partial charge in [-0.1, -0.05) is 31.5 Å². The Hall–Kier alpha value is -2.28. The lowest BCUT2D eigenvalue weighted by atomic mass is 10.0. The smallest absolute Gasteiger partial charge is 0.348 e. The second-order valence-corrected chi connectivity index (χ2v) is 4.53. The van der Waals surface area contributed by atoms with E-state index < -0.39 is 5.97 Å². The monoisotopic (exact) mass is 287 g/mol. The minimum Gasteiger partial charge on any atom is -0.493 e. The van der Waals surface area contributed by atoms with Gasteiger partial charge in [0.15, 0.2) is 0 Å². The van der Waals surface area contributed by atoms with Crippen molar-refractivity contribution in [2.45, 2.75) is 33.1 Å². The molecule has 0 N–H and O–H groups in total. The number of hydrogen-bond acceptors (Lipinski definition) is 4. The van der Waals surface area contributed by atoms with Gasteiger partial charge < -0.3 is 9.47 Å². The Balaban J connectivity index is 3.25. The summed E-state index contributed by atoms with van der Waals surface area (Å²) >= 11 is 0. The first-order valence-electron chi connectivity index (χ1n) is 7.12. The molecular formula is C17H21NO3. The summed E-state index contributed by atoms with van der Waals surface area (Å²) in [6.07, 6.45) is 4.59. The van der Waals surface area contributed by atoms with E-state index in [2.05, 4.69) is 11.7 Å². The summed E-state index contributed by atoms with van der Waals surface area (Å²) < 4.78 is 10.3. The lowest BCUT2D eigenvalue weighted by molar-refractivity contribution is -0.135. The van der Waals surface area contributed by atoms with Crippen molar-refractivity contribution in [3.05, 3.63) is 34.9 Å². The second-order valence-electron chi connectivity index (χ2n) is 4.53. The van der Waals surface area contributed by atoms with Gasteiger partial charge >= 0.3 is 5.97 Å². The topological polar surface area (TPSA) is 59.3 Å². The molecule has 0 saturated heterocycles. The molecule has 0 aliphatic rings. The highest BCUT2D eigenvalue weighted by atomic mass is 16.5. The normalized spacial score (nSPS) is 10.9. The quantitative estimate of drug-likeness (QED) is 0.437. The largest absolute Gasteiger partial charge is 0.493 e. The number of rotatable bonds is 7. The fraction of sp³-hybridized carbons (Fsp3) is 0.412. The van der Waals surface area contributed by atoms with Crippen LogP contribution in [0.3, 0.4) is 0 Å². The molecule has 112 valence electrons. The number of nitriles is 1. The fourth-order valence-electron chi connectivity index (χ4n) is 2.01. The predicted molar refractivity (Wildman–Crippen MR) is 81.8 cm³/mol. The van der Waals surface area contributed by atoms with Crippen molar-refractivity contribution in [3.63, 3.8) is 0 Å². The molecule has 1 rings (SSSR count). The Morgan fingerprint density at radius 3 is 2.71 bits per heavy atom. The number of para-hydroxylation sites is 1. The summed E-state index contributed by atoms with van der Waals surface area (Å²) in [4.78, 5) is 11.5. The van der Waals surface area contributed by atoms with Crippen LogP contribution in [0, 0.1) is 11.3 Å². The third kappa shape index (κ3) is 4.64. The van der Waals surface area contributed by atoms with Crippen molar-refractivity contribution in [3.8, 4) is 11.8 Å². The van der Waals surface area contributed by atoms with Crippen LogP contribution in [0.2, 0.25) is 0 Å². The highest BCUT2D eigenvalue weighted by molar-refractivity contribution is 5.98. The third-order valence-electron chi connectivity index (χ3n) is 3.04. The average Bonchev–Trinajstić information content (AvgIpc) is 2.51. The predicted octanol–water partition coefficient (Wildman–Crippen LogP) is 3.51. The van der Waals surface area contributed by atoms with Crippen molar-refractivity contribution in [1.82, 2.24) is 0 Å². The summed E-state index contributed by atoms with van der Waals surface area (Å²) in [5, 5.41) is 9.06. The van der Waals surface area contributed by atoms with Gasteiger partial charge in [0.25, 0.3) is 0 Å². The van der Waals surface area contributed by atoms with Gasteiger partial charge in [-0.15, -0.1) is 0 Å². The standard InChI is InChI=1S/C17H21NO3/c1-4-6-8-13-9-7-10-14(16(13)21-5-2)11-15(12-18)17(19)20-3/h7,9-11H,4-6,8H2,1-3H3. The molecule has 1 aromatic rings. The van der Waals surface area contributed by atoms with Gasteiger partial charge in [-0.3, -0.25) is 0 Å². The molecule has 0 atom stereocenters. The van der Waals surface area contributed by atoms with Crippen LogP contribution < -0.4 is 4.74 Å². The summed E-state index contributed by atoms with van der Waals surface area (Å²) in [6, 6.07) is 7.62. The molecule has 4 nitrogen and oxygen atoms in total. The Morgan fingerprint density at radius 1 is 1.38 bits per heavy atom. The van der Waals surface area contributed by atoms with E-state index in [0.29, 0.717) is 6.61 Å². The molecule has 0 bridgehead atoms. The maximum Gasteiger partial charge on any atom is 0.348 e. The molecule has 0 amide bonds. The van der Waals surface area contributed by atoms with Crippen LogP contribution in [0.15, 0.2) is 23.8 Å². The van der Waals surface area contributed by atoms with E-state index >= 15 is 0 Å². The Bertz CT molecular complexity index is 556. The van der Waals surface area contributed by atoms with Gasteiger partial charge in [0.2, 0.25) is 0 Å². The maximum absolute atomic E-state index is 11.5. The van der Waals surface area contributed by atoms with E-state index in [1.54, 1.807) is 0 Å². The number of carbonyl (C=O) groups is 1. The molecular weight excluding hydrogens is 266 g/mol. The zero-order valence-electron chi connectivity index (χ0n) is 12.8. The first kappa shape index (κ1) is 16.8. The van der Waals surface area contributed by atoms with Gasteiger partial charge in [-0.05, 0) is 31.4 Å². The molecule has 0 saturated carbocycles. The zero-order chi connectivity index (χ0) is 15.7. The van der Waals surface area contributed by atoms with Gasteiger partial charge in [0.1, 0.15) is 17.4 Å². The van der Waals surface area contributed by atoms with E-state index in [0.717, 1.165) is 36.1 Å². The molecule has 0 radical (unpaired) electrons. The molecule has 0 aliphatic heterocycles. The summed E-state index contributed by atoms with van der Waals surface area (Å²) in [5.41, 5.74) is 1.79. The van der Waals surface area contributed by atoms with Gasteiger partial charge in [-0.25, -0.2) is 4.79 Å². The van der Waals surface area contributed by atoms with Crippen LogP contribution in [0.5, 0.6) is 5.75 Å². The number of nitrogens with zero attached hydrogens (tertiary/aromatic N) is 1. The second kappa shape index (κ2) is 8.80. The van der Waals surface area contributed by atoms with Crippen molar-refractivity contribution in [2.24, 2.45) is 0 Å². The van der Waals surface area contributed by atoms with Gasteiger partial charge in [0.05, 0.1) is 13.7 Å². The zero-order valence-corrected chi connectivity index (χ0v) is 12.8.